The van der Waals surface area contributed by atoms with Crippen molar-refractivity contribution in [1.29, 1.82) is 0 Å². The van der Waals surface area contributed by atoms with Crippen molar-refractivity contribution in [3.05, 3.63) is 48.0 Å². The Kier molecular flexibility index (Phi) is 9.49. The molecule has 0 aliphatic heterocycles. The lowest BCUT2D eigenvalue weighted by Crippen LogP contribution is -2.64. The van der Waals surface area contributed by atoms with Gasteiger partial charge in [-0.3, -0.25) is 14.4 Å². The Hall–Kier alpha value is -2.63. The van der Waals surface area contributed by atoms with Crippen molar-refractivity contribution < 1.29 is 28.6 Å². The molecule has 1 aromatic carbocycles. The maximum atomic E-state index is 14.2. The van der Waals surface area contributed by atoms with E-state index in [0.29, 0.717) is 42.1 Å². The molecule has 10 unspecified atom stereocenters. The van der Waals surface area contributed by atoms with Crippen molar-refractivity contribution in [2.45, 2.75) is 132 Å². The molecule has 5 aliphatic rings. The van der Waals surface area contributed by atoms with Crippen LogP contribution in [0.5, 0.6) is 0 Å². The van der Waals surface area contributed by atoms with E-state index in [1.165, 1.54) is 25.5 Å². The summed E-state index contributed by atoms with van der Waals surface area (Å²) in [5.74, 6) is 2.13. The average molecular weight is 675 g/mol. The lowest BCUT2D eigenvalue weighted by Gasteiger charge is -2.69. The zero-order chi connectivity index (χ0) is 35.6. The topological polar surface area (TPSA) is 78.9 Å². The molecule has 10 atom stereocenters. The highest BCUT2D eigenvalue weighted by molar-refractivity contribution is 5.82. The first-order valence-electron chi connectivity index (χ1n) is 19.2. The van der Waals surface area contributed by atoms with Crippen molar-refractivity contribution >= 4 is 17.9 Å². The van der Waals surface area contributed by atoms with Gasteiger partial charge in [0.25, 0.3) is 0 Å². The summed E-state index contributed by atoms with van der Waals surface area (Å²) >= 11 is 0. The van der Waals surface area contributed by atoms with Gasteiger partial charge in [0.2, 0.25) is 0 Å². The molecule has 0 spiro atoms. The zero-order valence-corrected chi connectivity index (χ0v) is 31.6. The van der Waals surface area contributed by atoms with Crippen molar-refractivity contribution in [1.82, 2.24) is 0 Å². The Bertz CT molecular complexity index is 1450. The highest BCUT2D eigenvalue weighted by Gasteiger charge is 2.69. The standard InChI is InChI=1S/C43H62O6/c1-27(2)29-17-23-43(38(46)48-26-28-13-11-10-12-14-28)24-18-31-30(36(29)43)15-16-33-41(31,7)21-19-32-40(5,6)34(20-22-42(32,33)8)49-35(44)25-39(3,4)37(45)47-9/h10-14,29-34,36H,1,15-26H2,2-9H3. The maximum absolute atomic E-state index is 14.2. The minimum Gasteiger partial charge on any atom is -0.469 e. The van der Waals surface area contributed by atoms with Crippen molar-refractivity contribution in [3.63, 3.8) is 0 Å². The first-order chi connectivity index (χ1) is 23.0. The number of carbonyl (C=O) groups is 3. The molecule has 5 fully saturated rings. The third-order valence-corrected chi connectivity index (χ3v) is 15.4. The summed E-state index contributed by atoms with van der Waals surface area (Å²) in [5.41, 5.74) is 1.15. The highest BCUT2D eigenvalue weighted by Crippen LogP contribution is 2.74. The number of hydrogen-bond donors (Lipinski definition) is 0. The molecule has 0 radical (unpaired) electrons. The van der Waals surface area contributed by atoms with Gasteiger partial charge in [0.1, 0.15) is 12.7 Å². The monoisotopic (exact) mass is 674 g/mol. The fourth-order valence-electron chi connectivity index (χ4n) is 13.1. The molecule has 1 aromatic rings. The van der Waals surface area contributed by atoms with Gasteiger partial charge in [-0.05, 0) is 137 Å². The van der Waals surface area contributed by atoms with Crippen LogP contribution in [0.2, 0.25) is 0 Å². The fourth-order valence-corrected chi connectivity index (χ4v) is 13.1. The minimum atomic E-state index is -0.914. The molecule has 0 amide bonds. The van der Waals surface area contributed by atoms with E-state index in [0.717, 1.165) is 56.9 Å². The van der Waals surface area contributed by atoms with Crippen molar-refractivity contribution in [2.24, 2.45) is 62.6 Å². The highest BCUT2D eigenvalue weighted by atomic mass is 16.5. The van der Waals surface area contributed by atoms with E-state index < -0.39 is 16.8 Å². The third-order valence-electron chi connectivity index (χ3n) is 15.4. The average Bonchev–Trinajstić information content (AvgIpc) is 3.46. The molecule has 0 N–H and O–H groups in total. The van der Waals surface area contributed by atoms with Crippen LogP contribution >= 0.6 is 0 Å². The molecule has 0 aromatic heterocycles. The Labute approximate surface area is 295 Å². The van der Waals surface area contributed by atoms with Crippen LogP contribution < -0.4 is 0 Å². The number of esters is 3. The summed E-state index contributed by atoms with van der Waals surface area (Å²) in [4.78, 5) is 39.7. The normalized spacial score (nSPS) is 39.3. The molecule has 6 heteroatoms. The molecule has 0 bridgehead atoms. The van der Waals surface area contributed by atoms with E-state index >= 15 is 0 Å². The molecule has 270 valence electrons. The molecule has 0 saturated heterocycles. The van der Waals surface area contributed by atoms with E-state index in [1.807, 2.05) is 30.3 Å². The number of allylic oxidation sites excluding steroid dienone is 1. The van der Waals surface area contributed by atoms with Gasteiger partial charge in [0.05, 0.1) is 24.4 Å². The van der Waals surface area contributed by atoms with E-state index in [9.17, 15) is 14.4 Å². The summed E-state index contributed by atoms with van der Waals surface area (Å²) in [5, 5.41) is 0. The molecule has 49 heavy (non-hydrogen) atoms. The minimum absolute atomic E-state index is 0.0194. The van der Waals surface area contributed by atoms with Gasteiger partial charge >= 0.3 is 17.9 Å². The van der Waals surface area contributed by atoms with Gasteiger partial charge in [-0.25, -0.2) is 0 Å². The van der Waals surface area contributed by atoms with Gasteiger partial charge in [-0.1, -0.05) is 70.2 Å². The SMILES string of the molecule is C=C(C)C1CCC2(C(=O)OCc3ccccc3)CCC3C(CCC4C3(C)CCC3C(C)(C)C(OC(=O)CC(C)(C)C(=O)OC)CCC34C)C12. The fraction of sp³-hybridized carbons (Fsp3) is 0.744. The van der Waals surface area contributed by atoms with Crippen molar-refractivity contribution in [2.75, 3.05) is 7.11 Å². The van der Waals surface area contributed by atoms with Gasteiger partial charge in [0.15, 0.2) is 0 Å². The molecule has 5 aliphatic carbocycles. The van der Waals surface area contributed by atoms with Crippen LogP contribution in [0.3, 0.4) is 0 Å². The van der Waals surface area contributed by atoms with Gasteiger partial charge in [-0.2, -0.15) is 0 Å². The Morgan fingerprint density at radius 1 is 0.857 bits per heavy atom. The van der Waals surface area contributed by atoms with E-state index in [1.54, 1.807) is 13.8 Å². The summed E-state index contributed by atoms with van der Waals surface area (Å²) in [6.45, 7) is 20.3. The second-order valence-electron chi connectivity index (χ2n) is 18.7. The quantitative estimate of drug-likeness (QED) is 0.155. The first-order valence-corrected chi connectivity index (χ1v) is 19.2. The van der Waals surface area contributed by atoms with Crippen LogP contribution in [0.25, 0.3) is 0 Å². The number of ether oxygens (including phenoxy) is 3. The predicted molar refractivity (Wildman–Crippen MR) is 191 cm³/mol. The van der Waals surface area contributed by atoms with Crippen LogP contribution in [0.15, 0.2) is 42.5 Å². The third kappa shape index (κ3) is 5.89. The Morgan fingerprint density at radius 2 is 1.53 bits per heavy atom. The lowest BCUT2D eigenvalue weighted by molar-refractivity contribution is -0.224. The van der Waals surface area contributed by atoms with Gasteiger partial charge < -0.3 is 14.2 Å². The lowest BCUT2D eigenvalue weighted by atomic mass is 9.36. The van der Waals surface area contributed by atoms with Crippen LogP contribution in [0.4, 0.5) is 0 Å². The number of methoxy groups -OCH3 is 1. The second kappa shape index (κ2) is 12.9. The number of hydrogen-bond acceptors (Lipinski definition) is 6. The van der Waals surface area contributed by atoms with E-state index in [2.05, 4.69) is 41.2 Å². The van der Waals surface area contributed by atoms with Crippen LogP contribution in [-0.2, 0) is 35.2 Å². The van der Waals surface area contributed by atoms with E-state index in [4.69, 9.17) is 14.2 Å². The summed E-state index contributed by atoms with van der Waals surface area (Å²) in [6.07, 6.45) is 10.4. The largest absolute Gasteiger partial charge is 0.469 e. The molecular formula is C43H62O6. The smallest absolute Gasteiger partial charge is 0.312 e. The van der Waals surface area contributed by atoms with Gasteiger partial charge in [-0.15, -0.1) is 0 Å². The van der Waals surface area contributed by atoms with Crippen molar-refractivity contribution in [3.8, 4) is 0 Å². The second-order valence-corrected chi connectivity index (χ2v) is 18.7. The number of rotatable bonds is 8. The molecule has 6 rings (SSSR count). The zero-order valence-electron chi connectivity index (χ0n) is 31.6. The van der Waals surface area contributed by atoms with Gasteiger partial charge in [0, 0.05) is 5.41 Å². The predicted octanol–water partition coefficient (Wildman–Crippen LogP) is 9.50. The summed E-state index contributed by atoms with van der Waals surface area (Å²) in [6, 6.07) is 10.1. The number of benzene rings is 1. The van der Waals surface area contributed by atoms with Crippen LogP contribution in [-0.4, -0.2) is 31.1 Å². The van der Waals surface area contributed by atoms with E-state index in [-0.39, 0.29) is 40.7 Å². The van der Waals surface area contributed by atoms with Crippen LogP contribution in [0, 0.1) is 62.6 Å². The van der Waals surface area contributed by atoms with Crippen LogP contribution in [0.1, 0.15) is 125 Å². The Morgan fingerprint density at radius 3 is 2.20 bits per heavy atom. The first kappa shape index (κ1) is 36.2. The molecule has 6 nitrogen and oxygen atoms in total. The molecule has 5 saturated carbocycles. The maximum Gasteiger partial charge on any atom is 0.312 e. The molecular weight excluding hydrogens is 612 g/mol. The Balaban J connectivity index is 1.21. The number of carbonyl (C=O) groups excluding carboxylic acids is 3. The molecule has 0 heterocycles. The summed E-state index contributed by atoms with van der Waals surface area (Å²) < 4.78 is 17.4. The number of fused-ring (bicyclic) bond motifs is 7. The summed E-state index contributed by atoms with van der Waals surface area (Å²) in [7, 11) is 1.36.